The predicted octanol–water partition coefficient (Wildman–Crippen LogP) is 2.71. The molecule has 0 amide bonds. The van der Waals surface area contributed by atoms with Crippen molar-refractivity contribution in [2.75, 3.05) is 6.61 Å². The van der Waals surface area contributed by atoms with Crippen LogP contribution in [0.3, 0.4) is 0 Å². The summed E-state index contributed by atoms with van der Waals surface area (Å²) in [6.45, 7) is 3.03. The Kier molecular flexibility index (Phi) is 4.40. The van der Waals surface area contributed by atoms with E-state index >= 15 is 0 Å². The molecule has 0 fully saturated rings. The summed E-state index contributed by atoms with van der Waals surface area (Å²) >= 11 is 0. The Morgan fingerprint density at radius 1 is 1.41 bits per heavy atom. The summed E-state index contributed by atoms with van der Waals surface area (Å²) in [5.41, 5.74) is 5.53. The summed E-state index contributed by atoms with van der Waals surface area (Å²) in [4.78, 5) is 0. The molecular weight excluding hydrogens is 212 g/mol. The minimum absolute atomic E-state index is 0.271. The largest absolute Gasteiger partial charge is 0.493 e. The SMILES string of the molecule is CCCCCC(NN)c1ccc2c(c1)CCO2. The Bertz CT molecular complexity index is 365. The zero-order chi connectivity index (χ0) is 12.1. The number of unbranched alkanes of at least 4 members (excludes halogenated alkanes) is 2. The van der Waals surface area contributed by atoms with E-state index < -0.39 is 0 Å². The number of nitrogens with one attached hydrogen (secondary N) is 1. The van der Waals surface area contributed by atoms with Crippen molar-refractivity contribution in [1.82, 2.24) is 5.43 Å². The topological polar surface area (TPSA) is 47.3 Å². The average molecular weight is 234 g/mol. The monoisotopic (exact) mass is 234 g/mol. The number of rotatable bonds is 6. The molecular formula is C14H22N2O. The van der Waals surface area contributed by atoms with Gasteiger partial charge in [-0.1, -0.05) is 38.3 Å². The van der Waals surface area contributed by atoms with Gasteiger partial charge >= 0.3 is 0 Å². The van der Waals surface area contributed by atoms with E-state index in [1.807, 2.05) is 0 Å². The maximum absolute atomic E-state index is 5.65. The van der Waals surface area contributed by atoms with Crippen molar-refractivity contribution in [1.29, 1.82) is 0 Å². The highest BCUT2D eigenvalue weighted by molar-refractivity contribution is 5.40. The lowest BCUT2D eigenvalue weighted by Crippen LogP contribution is -2.28. The molecule has 1 heterocycles. The maximum atomic E-state index is 5.65. The zero-order valence-electron chi connectivity index (χ0n) is 10.5. The summed E-state index contributed by atoms with van der Waals surface area (Å²) in [6.07, 6.45) is 5.86. The standard InChI is InChI=1S/C14H22N2O/c1-2-3-4-5-13(16-15)11-6-7-14-12(10-11)8-9-17-14/h6-7,10,13,16H,2-5,8-9,15H2,1H3. The fraction of sp³-hybridized carbons (Fsp3) is 0.571. The van der Waals surface area contributed by atoms with Gasteiger partial charge in [0.1, 0.15) is 5.75 Å². The lowest BCUT2D eigenvalue weighted by molar-refractivity contribution is 0.356. The van der Waals surface area contributed by atoms with Crippen LogP contribution in [0.2, 0.25) is 0 Å². The van der Waals surface area contributed by atoms with E-state index in [0.717, 1.165) is 25.2 Å². The Hall–Kier alpha value is -1.06. The number of hydrogen-bond donors (Lipinski definition) is 2. The van der Waals surface area contributed by atoms with E-state index in [0.29, 0.717) is 0 Å². The second-order valence-electron chi connectivity index (χ2n) is 4.68. The van der Waals surface area contributed by atoms with E-state index in [-0.39, 0.29) is 6.04 Å². The van der Waals surface area contributed by atoms with Crippen LogP contribution >= 0.6 is 0 Å². The van der Waals surface area contributed by atoms with Gasteiger partial charge in [-0.15, -0.1) is 0 Å². The average Bonchev–Trinajstić information content (AvgIpc) is 2.82. The summed E-state index contributed by atoms with van der Waals surface area (Å²) in [5, 5.41) is 0. The highest BCUT2D eigenvalue weighted by atomic mass is 16.5. The molecule has 1 aromatic rings. The van der Waals surface area contributed by atoms with Gasteiger partial charge in [-0.05, 0) is 23.6 Å². The first-order valence-electron chi connectivity index (χ1n) is 6.57. The van der Waals surface area contributed by atoms with Crippen molar-refractivity contribution in [2.24, 2.45) is 5.84 Å². The highest BCUT2D eigenvalue weighted by Crippen LogP contribution is 2.29. The summed E-state index contributed by atoms with van der Waals surface area (Å²) in [6, 6.07) is 6.70. The van der Waals surface area contributed by atoms with Crippen molar-refractivity contribution in [2.45, 2.75) is 45.1 Å². The lowest BCUT2D eigenvalue weighted by atomic mass is 9.98. The Labute approximate surface area is 103 Å². The van der Waals surface area contributed by atoms with Gasteiger partial charge in [0.2, 0.25) is 0 Å². The van der Waals surface area contributed by atoms with E-state index in [1.165, 1.54) is 30.4 Å². The van der Waals surface area contributed by atoms with Crippen LogP contribution in [0.15, 0.2) is 18.2 Å². The number of ether oxygens (including phenoxy) is 1. The number of nitrogens with two attached hydrogens (primary N) is 1. The van der Waals surface area contributed by atoms with Crippen LogP contribution in [0.1, 0.15) is 49.8 Å². The van der Waals surface area contributed by atoms with Crippen LogP contribution in [0.4, 0.5) is 0 Å². The van der Waals surface area contributed by atoms with Gasteiger partial charge in [0.05, 0.1) is 6.61 Å². The minimum atomic E-state index is 0.271. The van der Waals surface area contributed by atoms with E-state index in [9.17, 15) is 0 Å². The number of benzene rings is 1. The highest BCUT2D eigenvalue weighted by Gasteiger charge is 2.15. The van der Waals surface area contributed by atoms with Gasteiger partial charge in [0.25, 0.3) is 0 Å². The molecule has 3 heteroatoms. The fourth-order valence-corrected chi connectivity index (χ4v) is 2.37. The minimum Gasteiger partial charge on any atom is -0.493 e. The molecule has 1 aromatic carbocycles. The van der Waals surface area contributed by atoms with Gasteiger partial charge in [-0.25, -0.2) is 0 Å². The molecule has 3 N–H and O–H groups in total. The molecule has 0 bridgehead atoms. The molecule has 3 nitrogen and oxygen atoms in total. The molecule has 0 radical (unpaired) electrons. The molecule has 0 aromatic heterocycles. The molecule has 1 aliphatic rings. The van der Waals surface area contributed by atoms with Gasteiger partial charge in [-0.2, -0.15) is 0 Å². The first-order chi connectivity index (χ1) is 8.35. The smallest absolute Gasteiger partial charge is 0.122 e. The van der Waals surface area contributed by atoms with Crippen molar-refractivity contribution >= 4 is 0 Å². The number of hydrazine groups is 1. The second-order valence-corrected chi connectivity index (χ2v) is 4.68. The Morgan fingerprint density at radius 2 is 2.29 bits per heavy atom. The molecule has 1 atom stereocenters. The van der Waals surface area contributed by atoms with Crippen LogP contribution in [-0.4, -0.2) is 6.61 Å². The van der Waals surface area contributed by atoms with Crippen LogP contribution in [-0.2, 0) is 6.42 Å². The first-order valence-corrected chi connectivity index (χ1v) is 6.57. The fourth-order valence-electron chi connectivity index (χ4n) is 2.37. The summed E-state index contributed by atoms with van der Waals surface area (Å²) in [5.74, 6) is 6.69. The summed E-state index contributed by atoms with van der Waals surface area (Å²) in [7, 11) is 0. The Morgan fingerprint density at radius 3 is 3.06 bits per heavy atom. The maximum Gasteiger partial charge on any atom is 0.122 e. The van der Waals surface area contributed by atoms with Crippen LogP contribution in [0.25, 0.3) is 0 Å². The molecule has 0 saturated heterocycles. The van der Waals surface area contributed by atoms with Gasteiger partial charge in [0, 0.05) is 12.5 Å². The number of fused-ring (bicyclic) bond motifs is 1. The third kappa shape index (κ3) is 2.99. The van der Waals surface area contributed by atoms with Crippen molar-refractivity contribution in [3.63, 3.8) is 0 Å². The van der Waals surface area contributed by atoms with Gasteiger partial charge < -0.3 is 4.74 Å². The quantitative estimate of drug-likeness (QED) is 0.452. The predicted molar refractivity (Wildman–Crippen MR) is 69.8 cm³/mol. The van der Waals surface area contributed by atoms with E-state index in [2.05, 4.69) is 30.5 Å². The molecule has 0 aliphatic carbocycles. The second kappa shape index (κ2) is 6.03. The summed E-state index contributed by atoms with van der Waals surface area (Å²) < 4.78 is 5.51. The van der Waals surface area contributed by atoms with Crippen molar-refractivity contribution in [3.05, 3.63) is 29.3 Å². The molecule has 0 saturated carbocycles. The van der Waals surface area contributed by atoms with Gasteiger partial charge in [0.15, 0.2) is 0 Å². The normalized spacial score (nSPS) is 15.4. The lowest BCUT2D eigenvalue weighted by Gasteiger charge is -2.16. The molecule has 0 spiro atoms. The zero-order valence-corrected chi connectivity index (χ0v) is 10.5. The van der Waals surface area contributed by atoms with Crippen molar-refractivity contribution in [3.8, 4) is 5.75 Å². The molecule has 1 unspecified atom stereocenters. The molecule has 17 heavy (non-hydrogen) atoms. The van der Waals surface area contributed by atoms with Crippen LogP contribution in [0.5, 0.6) is 5.75 Å². The van der Waals surface area contributed by atoms with E-state index in [4.69, 9.17) is 10.6 Å². The molecule has 2 rings (SSSR count). The van der Waals surface area contributed by atoms with Gasteiger partial charge in [-0.3, -0.25) is 11.3 Å². The van der Waals surface area contributed by atoms with Crippen LogP contribution < -0.4 is 16.0 Å². The first kappa shape index (κ1) is 12.4. The van der Waals surface area contributed by atoms with Crippen molar-refractivity contribution < 1.29 is 4.74 Å². The third-order valence-electron chi connectivity index (χ3n) is 3.41. The molecule has 94 valence electrons. The third-order valence-corrected chi connectivity index (χ3v) is 3.41. The number of hydrogen-bond acceptors (Lipinski definition) is 3. The molecule has 1 aliphatic heterocycles. The van der Waals surface area contributed by atoms with Crippen LogP contribution in [0, 0.1) is 0 Å². The Balaban J connectivity index is 2.03. The van der Waals surface area contributed by atoms with E-state index in [1.54, 1.807) is 0 Å².